The zero-order valence-corrected chi connectivity index (χ0v) is 10.3. The predicted octanol–water partition coefficient (Wildman–Crippen LogP) is 3.90. The van der Waals surface area contributed by atoms with E-state index in [4.69, 9.17) is 4.42 Å². The molecule has 0 amide bonds. The van der Waals surface area contributed by atoms with Gasteiger partial charge in [0.2, 0.25) is 5.43 Å². The fourth-order valence-electron chi connectivity index (χ4n) is 2.29. The molecule has 0 fully saturated rings. The van der Waals surface area contributed by atoms with Gasteiger partial charge in [0, 0.05) is 0 Å². The lowest BCUT2D eigenvalue weighted by atomic mass is 10.1. The molecular weight excluding hydrogens is 224 g/mol. The molecule has 2 nitrogen and oxygen atoms in total. The SMILES string of the molecule is CCCc1ccc2c(=O)c3ccccc3oc2c1. The van der Waals surface area contributed by atoms with Gasteiger partial charge in [-0.05, 0) is 36.2 Å². The maximum absolute atomic E-state index is 12.3. The molecule has 0 spiro atoms. The summed E-state index contributed by atoms with van der Waals surface area (Å²) in [5.41, 5.74) is 2.60. The lowest BCUT2D eigenvalue weighted by molar-refractivity contribution is 0.659. The van der Waals surface area contributed by atoms with Gasteiger partial charge >= 0.3 is 0 Å². The quantitative estimate of drug-likeness (QED) is 0.634. The minimum Gasteiger partial charge on any atom is -0.456 e. The van der Waals surface area contributed by atoms with Crippen molar-refractivity contribution in [2.45, 2.75) is 19.8 Å². The van der Waals surface area contributed by atoms with Gasteiger partial charge in [0.05, 0.1) is 10.8 Å². The van der Waals surface area contributed by atoms with Crippen LogP contribution in [0.4, 0.5) is 0 Å². The molecule has 0 aliphatic carbocycles. The summed E-state index contributed by atoms with van der Waals surface area (Å²) in [5.74, 6) is 0. The standard InChI is InChI=1S/C16H14O2/c1-2-5-11-8-9-13-15(10-11)18-14-7-4-3-6-12(14)16(13)17/h3-4,6-10H,2,5H2,1H3. The highest BCUT2D eigenvalue weighted by Gasteiger charge is 2.07. The van der Waals surface area contributed by atoms with Crippen LogP contribution < -0.4 is 5.43 Å². The highest BCUT2D eigenvalue weighted by Crippen LogP contribution is 2.20. The Labute approximate surface area is 105 Å². The largest absolute Gasteiger partial charge is 0.456 e. The first kappa shape index (κ1) is 11.0. The van der Waals surface area contributed by atoms with Crippen LogP contribution in [0.1, 0.15) is 18.9 Å². The van der Waals surface area contributed by atoms with Crippen LogP contribution in [0.15, 0.2) is 51.7 Å². The summed E-state index contributed by atoms with van der Waals surface area (Å²) < 4.78 is 5.81. The third-order valence-electron chi connectivity index (χ3n) is 3.18. The molecule has 90 valence electrons. The Morgan fingerprint density at radius 3 is 2.61 bits per heavy atom. The molecular formula is C16H14O2. The van der Waals surface area contributed by atoms with Crippen molar-refractivity contribution in [2.75, 3.05) is 0 Å². The van der Waals surface area contributed by atoms with E-state index in [9.17, 15) is 4.79 Å². The number of fused-ring (bicyclic) bond motifs is 2. The molecule has 0 N–H and O–H groups in total. The molecule has 0 bridgehead atoms. The van der Waals surface area contributed by atoms with E-state index in [1.54, 1.807) is 6.07 Å². The van der Waals surface area contributed by atoms with Gasteiger partial charge in [-0.3, -0.25) is 4.79 Å². The summed E-state index contributed by atoms with van der Waals surface area (Å²) in [6.07, 6.45) is 2.09. The fourth-order valence-corrected chi connectivity index (χ4v) is 2.29. The van der Waals surface area contributed by atoms with Gasteiger partial charge in [-0.25, -0.2) is 0 Å². The molecule has 0 radical (unpaired) electrons. The summed E-state index contributed by atoms with van der Waals surface area (Å²) in [5, 5.41) is 1.31. The smallest absolute Gasteiger partial charge is 0.200 e. The molecule has 3 rings (SSSR count). The summed E-state index contributed by atoms with van der Waals surface area (Å²) in [6, 6.07) is 13.2. The van der Waals surface area contributed by atoms with E-state index in [-0.39, 0.29) is 5.43 Å². The molecule has 1 heterocycles. The van der Waals surface area contributed by atoms with E-state index in [0.717, 1.165) is 12.8 Å². The summed E-state index contributed by atoms with van der Waals surface area (Å²) in [7, 11) is 0. The second kappa shape index (κ2) is 4.30. The number of aryl methyl sites for hydroxylation is 1. The van der Waals surface area contributed by atoms with E-state index in [0.29, 0.717) is 21.9 Å². The van der Waals surface area contributed by atoms with E-state index >= 15 is 0 Å². The van der Waals surface area contributed by atoms with Crippen LogP contribution in [0.5, 0.6) is 0 Å². The Balaban J connectivity index is 2.37. The maximum atomic E-state index is 12.3. The van der Waals surface area contributed by atoms with Crippen LogP contribution >= 0.6 is 0 Å². The van der Waals surface area contributed by atoms with Crippen LogP contribution in [0.3, 0.4) is 0 Å². The van der Waals surface area contributed by atoms with Crippen molar-refractivity contribution in [3.8, 4) is 0 Å². The fraction of sp³-hybridized carbons (Fsp3) is 0.188. The monoisotopic (exact) mass is 238 g/mol. The first-order valence-corrected chi connectivity index (χ1v) is 6.24. The predicted molar refractivity (Wildman–Crippen MR) is 74.0 cm³/mol. The summed E-state index contributed by atoms with van der Waals surface area (Å²) >= 11 is 0. The average Bonchev–Trinajstić information content (AvgIpc) is 2.39. The number of benzene rings is 2. The zero-order valence-electron chi connectivity index (χ0n) is 10.3. The molecule has 1 aromatic heterocycles. The number of hydrogen-bond acceptors (Lipinski definition) is 2. The highest BCUT2D eigenvalue weighted by molar-refractivity contribution is 5.89. The van der Waals surface area contributed by atoms with Crippen molar-refractivity contribution in [2.24, 2.45) is 0 Å². The van der Waals surface area contributed by atoms with Crippen molar-refractivity contribution < 1.29 is 4.42 Å². The highest BCUT2D eigenvalue weighted by atomic mass is 16.3. The van der Waals surface area contributed by atoms with Crippen LogP contribution in [0.25, 0.3) is 21.9 Å². The van der Waals surface area contributed by atoms with Gasteiger partial charge in [0.25, 0.3) is 0 Å². The summed E-state index contributed by atoms with van der Waals surface area (Å²) in [4.78, 5) is 12.3. The van der Waals surface area contributed by atoms with Gasteiger partial charge in [0.1, 0.15) is 11.2 Å². The summed E-state index contributed by atoms with van der Waals surface area (Å²) in [6.45, 7) is 2.14. The van der Waals surface area contributed by atoms with Crippen molar-refractivity contribution in [1.29, 1.82) is 0 Å². The lowest BCUT2D eigenvalue weighted by Crippen LogP contribution is -2.02. The second-order valence-corrected chi connectivity index (χ2v) is 4.51. The molecule has 0 saturated carbocycles. The molecule has 3 aromatic rings. The van der Waals surface area contributed by atoms with Crippen LogP contribution in [-0.2, 0) is 6.42 Å². The zero-order chi connectivity index (χ0) is 12.5. The lowest BCUT2D eigenvalue weighted by Gasteiger charge is -2.03. The van der Waals surface area contributed by atoms with Gasteiger partial charge in [-0.1, -0.05) is 31.5 Å². The molecule has 0 atom stereocenters. The van der Waals surface area contributed by atoms with Crippen LogP contribution in [-0.4, -0.2) is 0 Å². The van der Waals surface area contributed by atoms with Gasteiger partial charge in [-0.15, -0.1) is 0 Å². The molecule has 0 aliphatic rings. The second-order valence-electron chi connectivity index (χ2n) is 4.51. The van der Waals surface area contributed by atoms with Crippen molar-refractivity contribution in [3.63, 3.8) is 0 Å². The van der Waals surface area contributed by atoms with E-state index in [2.05, 4.69) is 6.92 Å². The molecule has 2 heteroatoms. The third kappa shape index (κ3) is 1.70. The first-order valence-electron chi connectivity index (χ1n) is 6.24. The van der Waals surface area contributed by atoms with Crippen molar-refractivity contribution in [1.82, 2.24) is 0 Å². The topological polar surface area (TPSA) is 30.2 Å². The average molecular weight is 238 g/mol. The molecule has 0 saturated heterocycles. The Morgan fingerprint density at radius 2 is 1.78 bits per heavy atom. The Bertz CT molecular complexity index is 769. The minimum absolute atomic E-state index is 0.0508. The van der Waals surface area contributed by atoms with Gasteiger partial charge < -0.3 is 4.42 Å². The number of para-hydroxylation sites is 1. The van der Waals surface area contributed by atoms with E-state index in [1.807, 2.05) is 36.4 Å². The van der Waals surface area contributed by atoms with Crippen LogP contribution in [0.2, 0.25) is 0 Å². The Morgan fingerprint density at radius 1 is 1.00 bits per heavy atom. The van der Waals surface area contributed by atoms with Crippen molar-refractivity contribution >= 4 is 21.9 Å². The van der Waals surface area contributed by atoms with Crippen molar-refractivity contribution in [3.05, 3.63) is 58.3 Å². The Hall–Kier alpha value is -2.09. The van der Waals surface area contributed by atoms with E-state index in [1.165, 1.54) is 5.56 Å². The third-order valence-corrected chi connectivity index (χ3v) is 3.18. The first-order chi connectivity index (χ1) is 8.79. The van der Waals surface area contributed by atoms with E-state index < -0.39 is 0 Å². The van der Waals surface area contributed by atoms with Gasteiger partial charge in [-0.2, -0.15) is 0 Å². The number of rotatable bonds is 2. The molecule has 2 aromatic carbocycles. The maximum Gasteiger partial charge on any atom is 0.200 e. The number of hydrogen-bond donors (Lipinski definition) is 0. The minimum atomic E-state index is 0.0508. The molecule has 0 unspecified atom stereocenters. The van der Waals surface area contributed by atoms with Gasteiger partial charge in [0.15, 0.2) is 0 Å². The normalized spacial score (nSPS) is 11.2. The van der Waals surface area contributed by atoms with Crippen LogP contribution in [0, 0.1) is 0 Å². The molecule has 0 aliphatic heterocycles. The Kier molecular flexibility index (Phi) is 2.63. The molecule has 18 heavy (non-hydrogen) atoms.